The molecule has 2 rings (SSSR count). The molecule has 0 radical (unpaired) electrons. The first-order chi connectivity index (χ1) is 8.70. The quantitative estimate of drug-likeness (QED) is 0.787. The van der Waals surface area contributed by atoms with Crippen LogP contribution in [0.3, 0.4) is 0 Å². The molecule has 0 fully saturated rings. The van der Waals surface area contributed by atoms with Gasteiger partial charge in [-0.3, -0.25) is 4.79 Å². The predicted octanol–water partition coefficient (Wildman–Crippen LogP) is 3.39. The van der Waals surface area contributed by atoms with Gasteiger partial charge in [0, 0.05) is 12.2 Å². The smallest absolute Gasteiger partial charge is 0.228 e. The highest BCUT2D eigenvalue weighted by Crippen LogP contribution is 2.32. The van der Waals surface area contributed by atoms with Crippen molar-refractivity contribution >= 4 is 40.6 Å². The summed E-state index contributed by atoms with van der Waals surface area (Å²) < 4.78 is 0. The van der Waals surface area contributed by atoms with Crippen LogP contribution in [-0.4, -0.2) is 24.0 Å². The molecule has 0 saturated heterocycles. The van der Waals surface area contributed by atoms with Crippen molar-refractivity contribution in [3.05, 3.63) is 22.7 Å². The molecule has 1 heterocycles. The third-order valence-corrected chi connectivity index (χ3v) is 4.10. The van der Waals surface area contributed by atoms with E-state index in [-0.39, 0.29) is 5.91 Å². The van der Waals surface area contributed by atoms with E-state index in [1.165, 1.54) is 0 Å². The zero-order chi connectivity index (χ0) is 13.0. The van der Waals surface area contributed by atoms with Crippen LogP contribution in [0.5, 0.6) is 0 Å². The van der Waals surface area contributed by atoms with Gasteiger partial charge in [0.2, 0.25) is 5.91 Å². The molecule has 3 nitrogen and oxygen atoms in total. The summed E-state index contributed by atoms with van der Waals surface area (Å²) >= 11 is 8.12. The first-order valence-corrected chi connectivity index (χ1v) is 7.68. The predicted molar refractivity (Wildman–Crippen MR) is 79.9 cm³/mol. The molecule has 1 aliphatic rings. The van der Waals surface area contributed by atoms with E-state index < -0.39 is 0 Å². The minimum Gasteiger partial charge on any atom is -0.384 e. The zero-order valence-corrected chi connectivity index (χ0v) is 12.0. The maximum Gasteiger partial charge on any atom is 0.228 e. The number of nitrogens with one attached hydrogen (secondary N) is 2. The summed E-state index contributed by atoms with van der Waals surface area (Å²) in [6, 6.07) is 3.80. The van der Waals surface area contributed by atoms with Gasteiger partial charge in [0.05, 0.1) is 17.1 Å². The number of carbonyl (C=O) groups is 1. The molecule has 0 saturated carbocycles. The van der Waals surface area contributed by atoms with Gasteiger partial charge in [0.1, 0.15) is 0 Å². The van der Waals surface area contributed by atoms with E-state index in [2.05, 4.69) is 17.6 Å². The largest absolute Gasteiger partial charge is 0.384 e. The third-order valence-electron chi connectivity index (χ3n) is 2.80. The molecule has 98 valence electrons. The van der Waals surface area contributed by atoms with Crippen LogP contribution in [0.2, 0.25) is 5.02 Å². The van der Waals surface area contributed by atoms with Crippen molar-refractivity contribution in [2.24, 2.45) is 0 Å². The Balaban J connectivity index is 1.93. The number of halogens is 1. The topological polar surface area (TPSA) is 41.1 Å². The van der Waals surface area contributed by atoms with Crippen LogP contribution in [0.4, 0.5) is 11.4 Å². The van der Waals surface area contributed by atoms with E-state index in [9.17, 15) is 4.79 Å². The number of anilines is 2. The monoisotopic (exact) mass is 284 g/mol. The molecule has 2 N–H and O–H groups in total. The highest BCUT2D eigenvalue weighted by Gasteiger charge is 2.19. The van der Waals surface area contributed by atoms with Crippen molar-refractivity contribution in [1.29, 1.82) is 0 Å². The lowest BCUT2D eigenvalue weighted by Crippen LogP contribution is -2.03. The maximum atomic E-state index is 11.3. The van der Waals surface area contributed by atoms with E-state index in [1.54, 1.807) is 0 Å². The molecular weight excluding hydrogens is 268 g/mol. The molecule has 0 aromatic heterocycles. The Morgan fingerprint density at radius 3 is 3.11 bits per heavy atom. The Hall–Kier alpha value is -0.870. The second-order valence-electron chi connectivity index (χ2n) is 4.19. The Labute approximate surface area is 117 Å². The normalized spacial score (nSPS) is 13.3. The molecule has 0 bridgehead atoms. The third kappa shape index (κ3) is 3.33. The van der Waals surface area contributed by atoms with E-state index >= 15 is 0 Å². The van der Waals surface area contributed by atoms with Crippen molar-refractivity contribution in [3.63, 3.8) is 0 Å². The van der Waals surface area contributed by atoms with Gasteiger partial charge >= 0.3 is 0 Å². The van der Waals surface area contributed by atoms with Crippen LogP contribution < -0.4 is 10.6 Å². The van der Waals surface area contributed by atoms with Gasteiger partial charge in [-0.05, 0) is 35.6 Å². The fourth-order valence-electron chi connectivity index (χ4n) is 1.93. The van der Waals surface area contributed by atoms with E-state index in [1.807, 2.05) is 23.9 Å². The molecule has 1 aliphatic heterocycles. The van der Waals surface area contributed by atoms with Gasteiger partial charge in [-0.2, -0.15) is 11.8 Å². The number of thioether (sulfide) groups is 1. The van der Waals surface area contributed by atoms with Gasteiger partial charge in [0.15, 0.2) is 0 Å². The molecule has 0 spiro atoms. The zero-order valence-electron chi connectivity index (χ0n) is 10.4. The average molecular weight is 285 g/mol. The summed E-state index contributed by atoms with van der Waals surface area (Å²) in [5, 5.41) is 6.79. The Morgan fingerprint density at radius 1 is 1.50 bits per heavy atom. The lowest BCUT2D eigenvalue weighted by Gasteiger charge is -2.10. The van der Waals surface area contributed by atoms with Crippen LogP contribution in [-0.2, 0) is 11.2 Å². The second-order valence-corrected chi connectivity index (χ2v) is 5.99. The molecule has 0 atom stereocenters. The molecule has 18 heavy (non-hydrogen) atoms. The summed E-state index contributed by atoms with van der Waals surface area (Å²) in [6.07, 6.45) is 1.57. The van der Waals surface area contributed by atoms with E-state index in [0.29, 0.717) is 11.4 Å². The Kier molecular flexibility index (Phi) is 4.78. The van der Waals surface area contributed by atoms with Crippen molar-refractivity contribution in [2.45, 2.75) is 19.8 Å². The summed E-state index contributed by atoms with van der Waals surface area (Å²) in [7, 11) is 0. The fraction of sp³-hybridized carbons (Fsp3) is 0.462. The Bertz CT molecular complexity index is 451. The second kappa shape index (κ2) is 6.34. The van der Waals surface area contributed by atoms with Crippen molar-refractivity contribution in [2.75, 3.05) is 28.7 Å². The summed E-state index contributed by atoms with van der Waals surface area (Å²) in [6.45, 7) is 3.08. The number of hydrogen-bond donors (Lipinski definition) is 2. The van der Waals surface area contributed by atoms with E-state index in [0.717, 1.165) is 41.4 Å². The van der Waals surface area contributed by atoms with Crippen LogP contribution in [0.15, 0.2) is 12.1 Å². The van der Waals surface area contributed by atoms with Gasteiger partial charge in [0.25, 0.3) is 0 Å². The fourth-order valence-corrected chi connectivity index (χ4v) is 2.79. The first-order valence-electron chi connectivity index (χ1n) is 6.14. The molecule has 1 aromatic carbocycles. The number of hydrogen-bond acceptors (Lipinski definition) is 3. The average Bonchev–Trinajstić information content (AvgIpc) is 2.68. The lowest BCUT2D eigenvalue weighted by atomic mass is 10.1. The Morgan fingerprint density at radius 2 is 2.33 bits per heavy atom. The molecule has 0 unspecified atom stereocenters. The maximum absolute atomic E-state index is 11.3. The summed E-state index contributed by atoms with van der Waals surface area (Å²) in [4.78, 5) is 11.3. The molecule has 1 amide bonds. The molecule has 1 aromatic rings. The minimum absolute atomic E-state index is 0.0394. The molecule has 0 aliphatic carbocycles. The van der Waals surface area contributed by atoms with Gasteiger partial charge in [-0.15, -0.1) is 0 Å². The van der Waals surface area contributed by atoms with Crippen molar-refractivity contribution < 1.29 is 4.79 Å². The van der Waals surface area contributed by atoms with Crippen molar-refractivity contribution in [1.82, 2.24) is 0 Å². The van der Waals surface area contributed by atoms with Crippen LogP contribution in [0, 0.1) is 0 Å². The SMILES string of the molecule is CCSCCCNc1cc2c(cc1Cl)NC(=O)C2. The minimum atomic E-state index is 0.0394. The summed E-state index contributed by atoms with van der Waals surface area (Å²) in [5.41, 5.74) is 2.79. The number of rotatable bonds is 6. The molecule has 5 heteroatoms. The highest BCUT2D eigenvalue weighted by molar-refractivity contribution is 7.99. The number of benzene rings is 1. The van der Waals surface area contributed by atoms with Crippen molar-refractivity contribution in [3.8, 4) is 0 Å². The van der Waals surface area contributed by atoms with Crippen LogP contribution in [0.1, 0.15) is 18.9 Å². The number of carbonyl (C=O) groups excluding carboxylic acids is 1. The standard InChI is InChI=1S/C13H17ClN2OS/c1-2-18-5-3-4-15-12-6-9-7-13(17)16-11(9)8-10(12)14/h6,8,15H,2-5,7H2,1H3,(H,16,17). The first kappa shape index (κ1) is 13.6. The van der Waals surface area contributed by atoms with Gasteiger partial charge < -0.3 is 10.6 Å². The highest BCUT2D eigenvalue weighted by atomic mass is 35.5. The van der Waals surface area contributed by atoms with Gasteiger partial charge in [-0.1, -0.05) is 18.5 Å². The van der Waals surface area contributed by atoms with Crippen LogP contribution >= 0.6 is 23.4 Å². The van der Waals surface area contributed by atoms with Crippen LogP contribution in [0.25, 0.3) is 0 Å². The van der Waals surface area contributed by atoms with Gasteiger partial charge in [-0.25, -0.2) is 0 Å². The van der Waals surface area contributed by atoms with E-state index in [4.69, 9.17) is 11.6 Å². The summed E-state index contributed by atoms with van der Waals surface area (Å²) in [5.74, 6) is 2.36. The lowest BCUT2D eigenvalue weighted by molar-refractivity contribution is -0.115. The number of fused-ring (bicyclic) bond motifs is 1. The number of amides is 1. The molecular formula is C13H17ClN2OS.